The van der Waals surface area contributed by atoms with Crippen molar-refractivity contribution in [2.24, 2.45) is 0 Å². The van der Waals surface area contributed by atoms with Crippen LogP contribution in [-0.2, 0) is 0 Å². The van der Waals surface area contributed by atoms with Crippen LogP contribution in [0.3, 0.4) is 0 Å². The summed E-state index contributed by atoms with van der Waals surface area (Å²) < 4.78 is 0. The Kier molecular flexibility index (Phi) is 5.28. The molecule has 0 bridgehead atoms. The quantitative estimate of drug-likeness (QED) is 0.687. The summed E-state index contributed by atoms with van der Waals surface area (Å²) in [5.74, 6) is 1.89. The van der Waals surface area contributed by atoms with E-state index in [9.17, 15) is 4.79 Å². The summed E-state index contributed by atoms with van der Waals surface area (Å²) >= 11 is 0. The molecule has 0 atom stereocenters. The summed E-state index contributed by atoms with van der Waals surface area (Å²) in [6.07, 6.45) is 3.72. The number of hydrogen-bond acceptors (Lipinski definition) is 4. The molecule has 0 amide bonds. The number of piperidine rings is 1. The van der Waals surface area contributed by atoms with Crippen molar-refractivity contribution in [3.8, 4) is 11.3 Å². The molecule has 6 heteroatoms. The topological polar surface area (TPSA) is 61.9 Å². The molecule has 0 saturated carbocycles. The average molecular weight is 371 g/mol. The number of rotatable bonds is 3. The molecule has 0 aliphatic carbocycles. The van der Waals surface area contributed by atoms with Gasteiger partial charge in [-0.05, 0) is 44.7 Å². The molecule has 1 N–H and O–H groups in total. The Hall–Kier alpha value is -2.40. The number of benzene rings is 1. The van der Waals surface area contributed by atoms with E-state index in [2.05, 4.69) is 20.9 Å². The molecule has 5 nitrogen and oxygen atoms in total. The minimum absolute atomic E-state index is 0. The molecule has 3 aromatic rings. The molecule has 26 heavy (non-hydrogen) atoms. The van der Waals surface area contributed by atoms with E-state index in [1.54, 1.807) is 6.92 Å². The van der Waals surface area contributed by atoms with E-state index in [1.165, 1.54) is 19.3 Å². The molecule has 2 aromatic heterocycles. The first-order valence-corrected chi connectivity index (χ1v) is 8.85. The minimum Gasteiger partial charge on any atom is -0.355 e. The summed E-state index contributed by atoms with van der Waals surface area (Å²) in [4.78, 5) is 26.6. The highest BCUT2D eigenvalue weighted by Crippen LogP contribution is 2.30. The van der Waals surface area contributed by atoms with Crippen LogP contribution in [0.25, 0.3) is 22.3 Å². The normalized spacial score (nSPS) is 14.3. The SMILES string of the molecule is CC(=O)c1ccc(-c2cc3nc(C)nc(N4CCCCC4)c3[nH]2)cc1.Cl. The molecule has 3 heterocycles. The van der Waals surface area contributed by atoms with Gasteiger partial charge < -0.3 is 9.88 Å². The molecular weight excluding hydrogens is 348 g/mol. The number of hydrogen-bond donors (Lipinski definition) is 1. The molecule has 136 valence electrons. The maximum absolute atomic E-state index is 11.5. The van der Waals surface area contributed by atoms with E-state index in [-0.39, 0.29) is 18.2 Å². The number of aromatic nitrogens is 3. The van der Waals surface area contributed by atoms with Gasteiger partial charge in [-0.3, -0.25) is 4.79 Å². The van der Waals surface area contributed by atoms with Gasteiger partial charge in [-0.15, -0.1) is 12.4 Å². The van der Waals surface area contributed by atoms with Crippen LogP contribution in [0, 0.1) is 6.92 Å². The lowest BCUT2D eigenvalue weighted by atomic mass is 10.1. The van der Waals surface area contributed by atoms with Gasteiger partial charge in [0.1, 0.15) is 11.3 Å². The van der Waals surface area contributed by atoms with Crippen LogP contribution in [0.5, 0.6) is 0 Å². The van der Waals surface area contributed by atoms with E-state index in [0.29, 0.717) is 0 Å². The number of fused-ring (bicyclic) bond motifs is 1. The van der Waals surface area contributed by atoms with Crippen molar-refractivity contribution in [1.29, 1.82) is 0 Å². The van der Waals surface area contributed by atoms with Crippen LogP contribution in [-0.4, -0.2) is 33.8 Å². The van der Waals surface area contributed by atoms with Gasteiger partial charge in [0.05, 0.1) is 5.52 Å². The number of H-pyrrole nitrogens is 1. The van der Waals surface area contributed by atoms with Gasteiger partial charge in [0.2, 0.25) is 0 Å². The molecule has 1 aliphatic heterocycles. The molecular formula is C20H23ClN4O. The molecule has 1 aliphatic rings. The van der Waals surface area contributed by atoms with Crippen molar-refractivity contribution >= 4 is 35.0 Å². The van der Waals surface area contributed by atoms with E-state index in [1.807, 2.05) is 31.2 Å². The Morgan fingerprint density at radius 1 is 1.08 bits per heavy atom. The van der Waals surface area contributed by atoms with Crippen LogP contribution < -0.4 is 4.90 Å². The maximum atomic E-state index is 11.5. The zero-order valence-electron chi connectivity index (χ0n) is 15.1. The Morgan fingerprint density at radius 2 is 1.77 bits per heavy atom. The average Bonchev–Trinajstić information content (AvgIpc) is 3.05. The zero-order chi connectivity index (χ0) is 17.4. The van der Waals surface area contributed by atoms with Gasteiger partial charge in [0, 0.05) is 24.3 Å². The molecule has 1 fully saturated rings. The molecule has 0 spiro atoms. The first kappa shape index (κ1) is 18.4. The number of nitrogens with zero attached hydrogens (tertiary/aromatic N) is 3. The van der Waals surface area contributed by atoms with Crippen molar-refractivity contribution in [3.63, 3.8) is 0 Å². The molecule has 0 unspecified atom stereocenters. The van der Waals surface area contributed by atoms with Gasteiger partial charge in [-0.25, -0.2) is 9.97 Å². The highest BCUT2D eigenvalue weighted by molar-refractivity contribution is 5.95. The molecule has 4 rings (SSSR count). The summed E-state index contributed by atoms with van der Waals surface area (Å²) in [5.41, 5.74) is 4.72. The van der Waals surface area contributed by atoms with E-state index in [4.69, 9.17) is 4.98 Å². The number of aromatic amines is 1. The number of carbonyl (C=O) groups is 1. The largest absolute Gasteiger partial charge is 0.355 e. The Labute approximate surface area is 159 Å². The van der Waals surface area contributed by atoms with Crippen molar-refractivity contribution in [3.05, 3.63) is 41.7 Å². The third-order valence-corrected chi connectivity index (χ3v) is 4.83. The van der Waals surface area contributed by atoms with Crippen molar-refractivity contribution in [2.75, 3.05) is 18.0 Å². The van der Waals surface area contributed by atoms with Crippen LogP contribution in [0.2, 0.25) is 0 Å². The number of Topliss-reactive ketones (excluding diaryl/α,β-unsaturated/α-hetero) is 1. The Bertz CT molecular complexity index is 927. The number of anilines is 1. The number of aryl methyl sites for hydroxylation is 1. The lowest BCUT2D eigenvalue weighted by Crippen LogP contribution is -2.30. The summed E-state index contributed by atoms with van der Waals surface area (Å²) in [5, 5.41) is 0. The first-order chi connectivity index (χ1) is 12.1. The van der Waals surface area contributed by atoms with Gasteiger partial charge in [0.25, 0.3) is 0 Å². The van der Waals surface area contributed by atoms with E-state index >= 15 is 0 Å². The summed E-state index contributed by atoms with van der Waals surface area (Å²) in [6, 6.07) is 9.75. The van der Waals surface area contributed by atoms with Crippen molar-refractivity contribution in [1.82, 2.24) is 15.0 Å². The third-order valence-electron chi connectivity index (χ3n) is 4.83. The number of nitrogens with one attached hydrogen (secondary N) is 1. The first-order valence-electron chi connectivity index (χ1n) is 8.85. The van der Waals surface area contributed by atoms with Gasteiger partial charge in [-0.1, -0.05) is 24.3 Å². The van der Waals surface area contributed by atoms with Crippen LogP contribution >= 0.6 is 12.4 Å². The van der Waals surface area contributed by atoms with Crippen LogP contribution in [0.4, 0.5) is 5.82 Å². The second kappa shape index (κ2) is 7.46. The number of halogens is 1. The molecule has 1 saturated heterocycles. The summed E-state index contributed by atoms with van der Waals surface area (Å²) in [7, 11) is 0. The predicted molar refractivity (Wildman–Crippen MR) is 107 cm³/mol. The van der Waals surface area contributed by atoms with E-state index < -0.39 is 0 Å². The highest BCUT2D eigenvalue weighted by atomic mass is 35.5. The Balaban J connectivity index is 0.00000196. The standard InChI is InChI=1S/C20H22N4O.ClH/c1-13(25)15-6-8-16(9-7-15)17-12-18-19(23-17)20(22-14(2)21-18)24-10-4-3-5-11-24;/h6-9,12,23H,3-5,10-11H2,1-2H3;1H. The second-order valence-electron chi connectivity index (χ2n) is 6.72. The van der Waals surface area contributed by atoms with Gasteiger partial charge in [-0.2, -0.15) is 0 Å². The zero-order valence-corrected chi connectivity index (χ0v) is 15.9. The number of carbonyl (C=O) groups excluding carboxylic acids is 1. The fraction of sp³-hybridized carbons (Fsp3) is 0.350. The predicted octanol–water partition coefficient (Wildman–Crippen LogP) is 4.55. The van der Waals surface area contributed by atoms with Crippen LogP contribution in [0.1, 0.15) is 42.4 Å². The monoisotopic (exact) mass is 370 g/mol. The smallest absolute Gasteiger partial charge is 0.159 e. The number of ketones is 1. The minimum atomic E-state index is 0. The lowest BCUT2D eigenvalue weighted by Gasteiger charge is -2.28. The second-order valence-corrected chi connectivity index (χ2v) is 6.72. The highest BCUT2D eigenvalue weighted by Gasteiger charge is 2.18. The third kappa shape index (κ3) is 3.44. The van der Waals surface area contributed by atoms with Crippen LogP contribution in [0.15, 0.2) is 30.3 Å². The molecule has 0 radical (unpaired) electrons. The fourth-order valence-corrected chi connectivity index (χ4v) is 3.49. The maximum Gasteiger partial charge on any atom is 0.159 e. The fourth-order valence-electron chi connectivity index (χ4n) is 3.49. The summed E-state index contributed by atoms with van der Waals surface area (Å²) in [6.45, 7) is 5.63. The Morgan fingerprint density at radius 3 is 2.42 bits per heavy atom. The van der Waals surface area contributed by atoms with Crippen molar-refractivity contribution in [2.45, 2.75) is 33.1 Å². The van der Waals surface area contributed by atoms with Gasteiger partial charge in [0.15, 0.2) is 11.6 Å². The molecule has 1 aromatic carbocycles. The lowest BCUT2D eigenvalue weighted by molar-refractivity contribution is 0.101. The van der Waals surface area contributed by atoms with Crippen molar-refractivity contribution < 1.29 is 4.79 Å². The van der Waals surface area contributed by atoms with E-state index in [0.717, 1.165) is 52.6 Å². The van der Waals surface area contributed by atoms with Gasteiger partial charge >= 0.3 is 0 Å².